The first-order chi connectivity index (χ1) is 9.78. The van der Waals surface area contributed by atoms with E-state index in [0.717, 1.165) is 10.9 Å². The van der Waals surface area contributed by atoms with Gasteiger partial charge in [0.1, 0.15) is 17.3 Å². The fraction of sp³-hybridized carbons (Fsp3) is 0.0625. The van der Waals surface area contributed by atoms with Gasteiger partial charge in [-0.1, -0.05) is 28.1 Å². The summed E-state index contributed by atoms with van der Waals surface area (Å²) >= 11 is 3.28. The zero-order valence-corrected chi connectivity index (χ0v) is 12.1. The van der Waals surface area contributed by atoms with Crippen molar-refractivity contribution in [3.8, 4) is 11.5 Å². The molecule has 4 heteroatoms. The molecular formula is C16H11BrFNO. The van der Waals surface area contributed by atoms with Gasteiger partial charge in [0.2, 0.25) is 0 Å². The number of alkyl halides is 1. The van der Waals surface area contributed by atoms with E-state index in [0.29, 0.717) is 22.4 Å². The SMILES string of the molecule is Fc1cccc(Oc2ccc3cccnc3c2)c1CBr. The van der Waals surface area contributed by atoms with Gasteiger partial charge < -0.3 is 4.74 Å². The van der Waals surface area contributed by atoms with E-state index in [1.54, 1.807) is 18.3 Å². The summed E-state index contributed by atoms with van der Waals surface area (Å²) in [5, 5.41) is 1.45. The molecule has 0 aliphatic heterocycles. The second kappa shape index (κ2) is 5.59. The molecule has 100 valence electrons. The van der Waals surface area contributed by atoms with Gasteiger partial charge >= 0.3 is 0 Å². The maximum atomic E-state index is 13.7. The zero-order chi connectivity index (χ0) is 13.9. The van der Waals surface area contributed by atoms with Gasteiger partial charge in [-0.2, -0.15) is 0 Å². The molecule has 3 rings (SSSR count). The molecule has 0 radical (unpaired) electrons. The van der Waals surface area contributed by atoms with Crippen LogP contribution in [0.5, 0.6) is 11.5 Å². The van der Waals surface area contributed by atoms with Gasteiger partial charge in [0.25, 0.3) is 0 Å². The van der Waals surface area contributed by atoms with Crippen molar-refractivity contribution in [2.45, 2.75) is 5.33 Å². The first-order valence-corrected chi connectivity index (χ1v) is 7.26. The maximum absolute atomic E-state index is 13.7. The van der Waals surface area contributed by atoms with E-state index < -0.39 is 0 Å². The third-order valence-corrected chi connectivity index (χ3v) is 3.58. The quantitative estimate of drug-likeness (QED) is 0.626. The second-order valence-corrected chi connectivity index (χ2v) is 4.87. The lowest BCUT2D eigenvalue weighted by molar-refractivity contribution is 0.471. The van der Waals surface area contributed by atoms with E-state index in [1.807, 2.05) is 30.3 Å². The number of halogens is 2. The molecule has 0 bridgehead atoms. The molecule has 0 atom stereocenters. The Morgan fingerprint density at radius 1 is 1.10 bits per heavy atom. The number of aromatic nitrogens is 1. The van der Waals surface area contributed by atoms with Crippen molar-refractivity contribution in [3.05, 3.63) is 66.1 Å². The molecule has 0 saturated heterocycles. The van der Waals surface area contributed by atoms with E-state index in [4.69, 9.17) is 4.74 Å². The van der Waals surface area contributed by atoms with E-state index in [2.05, 4.69) is 20.9 Å². The molecule has 0 aliphatic rings. The van der Waals surface area contributed by atoms with Gasteiger partial charge in [-0.15, -0.1) is 0 Å². The summed E-state index contributed by atoms with van der Waals surface area (Å²) in [4.78, 5) is 4.28. The molecule has 1 heterocycles. The van der Waals surface area contributed by atoms with Crippen molar-refractivity contribution in [2.75, 3.05) is 0 Å². The first kappa shape index (κ1) is 13.1. The number of rotatable bonds is 3. The lowest BCUT2D eigenvalue weighted by Crippen LogP contribution is -1.93. The molecule has 0 unspecified atom stereocenters. The van der Waals surface area contributed by atoms with Crippen LogP contribution in [0.2, 0.25) is 0 Å². The Kier molecular flexibility index (Phi) is 3.65. The van der Waals surface area contributed by atoms with Crippen LogP contribution in [0.3, 0.4) is 0 Å². The molecule has 0 amide bonds. The average Bonchev–Trinajstić information content (AvgIpc) is 2.47. The number of pyridine rings is 1. The van der Waals surface area contributed by atoms with Crippen molar-refractivity contribution < 1.29 is 9.13 Å². The fourth-order valence-electron chi connectivity index (χ4n) is 2.00. The van der Waals surface area contributed by atoms with Gasteiger partial charge in [0, 0.05) is 28.5 Å². The summed E-state index contributed by atoms with van der Waals surface area (Å²) < 4.78 is 19.5. The Bertz CT molecular complexity index is 760. The lowest BCUT2D eigenvalue weighted by Gasteiger charge is -2.10. The minimum Gasteiger partial charge on any atom is -0.457 e. The maximum Gasteiger partial charge on any atom is 0.134 e. The molecule has 0 saturated carbocycles. The van der Waals surface area contributed by atoms with E-state index in [1.165, 1.54) is 6.07 Å². The minimum atomic E-state index is -0.279. The summed E-state index contributed by atoms with van der Waals surface area (Å²) in [5.74, 6) is 0.874. The molecule has 1 aromatic heterocycles. The molecule has 0 aliphatic carbocycles. The van der Waals surface area contributed by atoms with Gasteiger partial charge in [0.05, 0.1) is 5.52 Å². The summed E-state index contributed by atoms with van der Waals surface area (Å²) in [5.41, 5.74) is 1.36. The summed E-state index contributed by atoms with van der Waals surface area (Å²) in [6.07, 6.45) is 1.73. The Hall–Kier alpha value is -1.94. The van der Waals surface area contributed by atoms with Crippen molar-refractivity contribution in [3.63, 3.8) is 0 Å². The third kappa shape index (κ3) is 2.51. The minimum absolute atomic E-state index is 0.279. The van der Waals surface area contributed by atoms with Crippen LogP contribution in [0.1, 0.15) is 5.56 Å². The lowest BCUT2D eigenvalue weighted by atomic mass is 10.2. The smallest absolute Gasteiger partial charge is 0.134 e. The van der Waals surface area contributed by atoms with E-state index in [-0.39, 0.29) is 5.82 Å². The highest BCUT2D eigenvalue weighted by Gasteiger charge is 2.09. The van der Waals surface area contributed by atoms with Crippen molar-refractivity contribution in [1.29, 1.82) is 0 Å². The molecule has 2 nitrogen and oxygen atoms in total. The Morgan fingerprint density at radius 2 is 2.00 bits per heavy atom. The number of benzene rings is 2. The van der Waals surface area contributed by atoms with Crippen LogP contribution < -0.4 is 4.74 Å². The molecule has 0 spiro atoms. The zero-order valence-electron chi connectivity index (χ0n) is 10.5. The van der Waals surface area contributed by atoms with Crippen LogP contribution in [0.25, 0.3) is 10.9 Å². The van der Waals surface area contributed by atoms with Crippen molar-refractivity contribution in [1.82, 2.24) is 4.98 Å². The number of fused-ring (bicyclic) bond motifs is 1. The highest BCUT2D eigenvalue weighted by atomic mass is 79.9. The third-order valence-electron chi connectivity index (χ3n) is 3.01. The first-order valence-electron chi connectivity index (χ1n) is 6.14. The largest absolute Gasteiger partial charge is 0.457 e. The summed E-state index contributed by atoms with van der Waals surface area (Å²) in [6.45, 7) is 0. The average molecular weight is 332 g/mol. The van der Waals surface area contributed by atoms with Crippen LogP contribution in [0.4, 0.5) is 4.39 Å². The number of nitrogens with zero attached hydrogens (tertiary/aromatic N) is 1. The summed E-state index contributed by atoms with van der Waals surface area (Å²) in [7, 11) is 0. The Labute approximate surface area is 124 Å². The predicted molar refractivity (Wildman–Crippen MR) is 80.8 cm³/mol. The van der Waals surface area contributed by atoms with E-state index >= 15 is 0 Å². The van der Waals surface area contributed by atoms with Crippen LogP contribution in [0, 0.1) is 5.82 Å². The Morgan fingerprint density at radius 3 is 2.85 bits per heavy atom. The van der Waals surface area contributed by atoms with E-state index in [9.17, 15) is 4.39 Å². The second-order valence-electron chi connectivity index (χ2n) is 4.31. The topological polar surface area (TPSA) is 22.1 Å². The molecule has 3 aromatic rings. The molecular weight excluding hydrogens is 321 g/mol. The van der Waals surface area contributed by atoms with Gasteiger partial charge in [-0.25, -0.2) is 4.39 Å². The van der Waals surface area contributed by atoms with Gasteiger partial charge in [-0.3, -0.25) is 4.98 Å². The molecule has 2 aromatic carbocycles. The standard InChI is InChI=1S/C16H11BrFNO/c17-10-13-14(18)4-1-5-16(13)20-12-7-6-11-3-2-8-19-15(11)9-12/h1-9H,10H2. The van der Waals surface area contributed by atoms with Crippen LogP contribution in [0.15, 0.2) is 54.7 Å². The molecule has 20 heavy (non-hydrogen) atoms. The molecule has 0 fully saturated rings. The highest BCUT2D eigenvalue weighted by Crippen LogP contribution is 2.30. The predicted octanol–water partition coefficient (Wildman–Crippen LogP) is 5.06. The number of ether oxygens (including phenoxy) is 1. The highest BCUT2D eigenvalue weighted by molar-refractivity contribution is 9.08. The number of hydrogen-bond acceptors (Lipinski definition) is 2. The van der Waals surface area contributed by atoms with Crippen LogP contribution in [-0.2, 0) is 5.33 Å². The Balaban J connectivity index is 1.99. The number of hydrogen-bond donors (Lipinski definition) is 0. The fourth-order valence-corrected chi connectivity index (χ4v) is 2.55. The van der Waals surface area contributed by atoms with Gasteiger partial charge in [-0.05, 0) is 30.3 Å². The van der Waals surface area contributed by atoms with Crippen molar-refractivity contribution in [2.24, 2.45) is 0 Å². The van der Waals surface area contributed by atoms with Crippen molar-refractivity contribution >= 4 is 26.8 Å². The van der Waals surface area contributed by atoms with Crippen LogP contribution >= 0.6 is 15.9 Å². The monoisotopic (exact) mass is 331 g/mol. The normalized spacial score (nSPS) is 10.7. The van der Waals surface area contributed by atoms with Gasteiger partial charge in [0.15, 0.2) is 0 Å². The van der Waals surface area contributed by atoms with Crippen LogP contribution in [-0.4, -0.2) is 4.98 Å². The molecule has 0 N–H and O–H groups in total. The summed E-state index contributed by atoms with van der Waals surface area (Å²) in [6, 6.07) is 14.3.